The summed E-state index contributed by atoms with van der Waals surface area (Å²) in [5.74, 6) is 1.11. The van der Waals surface area contributed by atoms with Gasteiger partial charge in [0.05, 0.1) is 12.9 Å². The summed E-state index contributed by atoms with van der Waals surface area (Å²) in [5.41, 5.74) is 1.56. The zero-order valence-electron chi connectivity index (χ0n) is 11.8. The van der Waals surface area contributed by atoms with Gasteiger partial charge < -0.3 is 8.92 Å². The molecule has 0 aliphatic heterocycles. The Bertz CT molecular complexity index is 438. The van der Waals surface area contributed by atoms with E-state index in [1.165, 1.54) is 34.2 Å². The Morgan fingerprint density at radius 1 is 1.30 bits per heavy atom. The average molecular weight is 404 g/mol. The van der Waals surface area contributed by atoms with Gasteiger partial charge in [0.15, 0.2) is 0 Å². The van der Waals surface area contributed by atoms with Gasteiger partial charge in [0.25, 0.3) is 0 Å². The van der Waals surface area contributed by atoms with E-state index in [-0.39, 0.29) is 6.10 Å². The molecular weight excluding hydrogens is 383 g/mol. The molecule has 0 fully saturated rings. The predicted molar refractivity (Wildman–Crippen MR) is 94.8 cm³/mol. The van der Waals surface area contributed by atoms with Gasteiger partial charge in [0, 0.05) is 29.8 Å². The fraction of sp³-hybridized carbons (Fsp3) is 0.500. The third-order valence-electron chi connectivity index (χ3n) is 3.33. The number of ether oxygens (including phenoxy) is 1. The van der Waals surface area contributed by atoms with Crippen LogP contribution in [-0.4, -0.2) is 17.6 Å². The van der Waals surface area contributed by atoms with Crippen LogP contribution in [0.25, 0.3) is 0 Å². The van der Waals surface area contributed by atoms with Crippen LogP contribution < -0.4 is 0 Å². The highest BCUT2D eigenvalue weighted by Crippen LogP contribution is 2.29. The quantitative estimate of drug-likeness (QED) is 0.325. The molecule has 0 bridgehead atoms. The van der Waals surface area contributed by atoms with Gasteiger partial charge in [-0.3, -0.25) is 0 Å². The molecule has 2 nitrogen and oxygen atoms in total. The number of hydrogen-bond acceptors (Lipinski definition) is 3. The Morgan fingerprint density at radius 2 is 2.20 bits per heavy atom. The third-order valence-corrected chi connectivity index (χ3v) is 4.78. The minimum atomic E-state index is 0.146. The Hall–Kier alpha value is -0.200. The van der Waals surface area contributed by atoms with Gasteiger partial charge in [-0.15, -0.1) is 0 Å². The number of rotatable bonds is 7. The number of halogens is 1. The molecule has 2 aliphatic carbocycles. The van der Waals surface area contributed by atoms with Gasteiger partial charge >= 0.3 is 0 Å². The zero-order chi connectivity index (χ0) is 14.2. The van der Waals surface area contributed by atoms with Crippen molar-refractivity contribution in [3.63, 3.8) is 0 Å². The number of hydrogen-bond donors (Lipinski definition) is 0. The van der Waals surface area contributed by atoms with Gasteiger partial charge in [-0.25, -0.2) is 0 Å². The van der Waals surface area contributed by atoms with Gasteiger partial charge in [-0.05, 0) is 35.8 Å². The lowest BCUT2D eigenvalue weighted by molar-refractivity contribution is 0.146. The topological polar surface area (TPSA) is 18.5 Å². The maximum Gasteiger partial charge on any atom is 0.121 e. The standard InChI is InChI=1S/C16H21IO2S/c1-18-20-16-6-2-5-15(12-16)19-14-9-7-13(8-10-14)4-3-11-17/h2,5-7,9,15H,3-4,8,10-12H2,1H3. The molecule has 2 aliphatic rings. The molecule has 0 saturated carbocycles. The summed E-state index contributed by atoms with van der Waals surface area (Å²) in [6, 6.07) is 0. The van der Waals surface area contributed by atoms with Crippen LogP contribution in [0.15, 0.2) is 46.6 Å². The molecule has 0 spiro atoms. The molecule has 0 saturated heterocycles. The van der Waals surface area contributed by atoms with E-state index in [0.29, 0.717) is 0 Å². The van der Waals surface area contributed by atoms with Crippen LogP contribution in [0.1, 0.15) is 32.1 Å². The molecule has 0 aromatic rings. The minimum absolute atomic E-state index is 0.146. The summed E-state index contributed by atoms with van der Waals surface area (Å²) in [6.07, 6.45) is 16.4. The van der Waals surface area contributed by atoms with E-state index in [0.717, 1.165) is 25.0 Å². The molecule has 1 atom stereocenters. The van der Waals surface area contributed by atoms with E-state index in [1.54, 1.807) is 12.7 Å². The Kier molecular flexibility index (Phi) is 7.24. The first-order valence-corrected chi connectivity index (χ1v) is 9.28. The molecule has 0 N–H and O–H groups in total. The normalized spacial score (nSPS) is 22.1. The Morgan fingerprint density at radius 3 is 2.90 bits per heavy atom. The molecule has 1 unspecified atom stereocenters. The van der Waals surface area contributed by atoms with Crippen molar-refractivity contribution < 1.29 is 8.92 Å². The third kappa shape index (κ3) is 5.30. The molecule has 0 aromatic heterocycles. The van der Waals surface area contributed by atoms with Gasteiger partial charge in [0.2, 0.25) is 0 Å². The van der Waals surface area contributed by atoms with Crippen LogP contribution in [0.2, 0.25) is 0 Å². The summed E-state index contributed by atoms with van der Waals surface area (Å²) >= 11 is 3.87. The van der Waals surface area contributed by atoms with Gasteiger partial charge in [-0.1, -0.05) is 46.4 Å². The lowest BCUT2D eigenvalue weighted by Crippen LogP contribution is -2.13. The van der Waals surface area contributed by atoms with E-state index in [4.69, 9.17) is 8.92 Å². The van der Waals surface area contributed by atoms with Crippen LogP contribution in [0.4, 0.5) is 0 Å². The molecule has 110 valence electrons. The highest BCUT2D eigenvalue weighted by atomic mass is 127. The average Bonchev–Trinajstić information content (AvgIpc) is 2.47. The maximum atomic E-state index is 6.08. The smallest absolute Gasteiger partial charge is 0.121 e. The molecule has 4 heteroatoms. The van der Waals surface area contributed by atoms with E-state index >= 15 is 0 Å². The fourth-order valence-corrected chi connectivity index (χ4v) is 3.29. The fourth-order valence-electron chi connectivity index (χ4n) is 2.33. The highest BCUT2D eigenvalue weighted by Gasteiger charge is 2.16. The number of allylic oxidation sites excluding steroid dienone is 6. The van der Waals surface area contributed by atoms with Gasteiger partial charge in [0.1, 0.15) is 6.10 Å². The van der Waals surface area contributed by atoms with E-state index in [2.05, 4.69) is 53.0 Å². The summed E-state index contributed by atoms with van der Waals surface area (Å²) in [6.45, 7) is 0. The monoisotopic (exact) mass is 404 g/mol. The molecular formula is C16H21IO2S. The van der Waals surface area contributed by atoms with E-state index in [9.17, 15) is 0 Å². The van der Waals surface area contributed by atoms with Crippen LogP contribution in [0.5, 0.6) is 0 Å². The van der Waals surface area contributed by atoms with Crippen molar-refractivity contribution in [3.05, 3.63) is 46.6 Å². The van der Waals surface area contributed by atoms with E-state index in [1.807, 2.05) is 0 Å². The maximum absolute atomic E-state index is 6.08. The molecule has 20 heavy (non-hydrogen) atoms. The first-order valence-electron chi connectivity index (χ1n) is 7.01. The number of alkyl halides is 1. The van der Waals surface area contributed by atoms with Crippen molar-refractivity contribution in [2.75, 3.05) is 11.5 Å². The second-order valence-electron chi connectivity index (χ2n) is 4.88. The largest absolute Gasteiger partial charge is 0.490 e. The highest BCUT2D eigenvalue weighted by molar-refractivity contribution is 14.1. The van der Waals surface area contributed by atoms with Crippen molar-refractivity contribution in [1.82, 2.24) is 0 Å². The van der Waals surface area contributed by atoms with Crippen LogP contribution in [0, 0.1) is 0 Å². The molecule has 0 amide bonds. The second kappa shape index (κ2) is 8.95. The molecule has 0 radical (unpaired) electrons. The summed E-state index contributed by atoms with van der Waals surface area (Å²) in [4.78, 5) is 1.22. The first-order chi connectivity index (χ1) is 9.81. The second-order valence-corrected chi connectivity index (χ2v) is 6.98. The Labute approximate surface area is 139 Å². The first kappa shape index (κ1) is 16.2. The van der Waals surface area contributed by atoms with Crippen LogP contribution in [-0.2, 0) is 8.92 Å². The van der Waals surface area contributed by atoms with Crippen molar-refractivity contribution >= 4 is 34.6 Å². The van der Waals surface area contributed by atoms with Crippen molar-refractivity contribution in [2.24, 2.45) is 0 Å². The molecule has 0 aromatic carbocycles. The lowest BCUT2D eigenvalue weighted by Gasteiger charge is -2.23. The molecule has 0 heterocycles. The van der Waals surface area contributed by atoms with E-state index < -0.39 is 0 Å². The minimum Gasteiger partial charge on any atom is -0.490 e. The summed E-state index contributed by atoms with van der Waals surface area (Å²) in [5, 5.41) is 0. The van der Waals surface area contributed by atoms with Crippen LogP contribution in [0.3, 0.4) is 0 Å². The van der Waals surface area contributed by atoms with Crippen molar-refractivity contribution in [3.8, 4) is 0 Å². The SMILES string of the molecule is COSC1=CC=CC(OC2=CC=C(CCCI)CC2)C1. The predicted octanol–water partition coefficient (Wildman–Crippen LogP) is 5.33. The summed E-state index contributed by atoms with van der Waals surface area (Å²) < 4.78 is 12.4. The lowest BCUT2D eigenvalue weighted by atomic mass is 9.99. The van der Waals surface area contributed by atoms with Gasteiger partial charge in [-0.2, -0.15) is 0 Å². The van der Waals surface area contributed by atoms with Crippen molar-refractivity contribution in [2.45, 2.75) is 38.2 Å². The molecule has 2 rings (SSSR count). The van der Waals surface area contributed by atoms with Crippen molar-refractivity contribution in [1.29, 1.82) is 0 Å². The zero-order valence-corrected chi connectivity index (χ0v) is 14.8. The Balaban J connectivity index is 1.83. The van der Waals surface area contributed by atoms with Crippen LogP contribution >= 0.6 is 34.6 Å². The summed E-state index contributed by atoms with van der Waals surface area (Å²) in [7, 11) is 1.70.